The van der Waals surface area contributed by atoms with Gasteiger partial charge < -0.3 is 5.32 Å². The lowest BCUT2D eigenvalue weighted by Crippen LogP contribution is -2.43. The quantitative estimate of drug-likeness (QED) is 0.792. The molecule has 30 heavy (non-hydrogen) atoms. The van der Waals surface area contributed by atoms with Crippen LogP contribution in [0.1, 0.15) is 22.3 Å². The van der Waals surface area contributed by atoms with Crippen molar-refractivity contribution in [3.05, 3.63) is 58.7 Å². The van der Waals surface area contributed by atoms with Crippen LogP contribution in [0.5, 0.6) is 0 Å². The molecule has 0 bridgehead atoms. The average molecular weight is 405 g/mol. The van der Waals surface area contributed by atoms with Crippen molar-refractivity contribution in [3.8, 4) is 0 Å². The van der Waals surface area contributed by atoms with Crippen LogP contribution in [0.3, 0.4) is 0 Å². The molecule has 0 unspecified atom stereocenters. The smallest absolute Gasteiger partial charge is 0.263 e. The normalized spacial score (nSPS) is 20.1. The van der Waals surface area contributed by atoms with E-state index in [1.54, 1.807) is 12.1 Å². The molecule has 0 saturated carbocycles. The van der Waals surface area contributed by atoms with Gasteiger partial charge in [-0.15, -0.1) is 0 Å². The summed E-state index contributed by atoms with van der Waals surface area (Å²) in [5.41, 5.74) is 5.31. The molecule has 1 N–H and O–H groups in total. The Balaban J connectivity index is 1.50. The molecule has 3 amide bonds. The van der Waals surface area contributed by atoms with Crippen LogP contribution in [0.15, 0.2) is 46.7 Å². The van der Waals surface area contributed by atoms with Crippen LogP contribution < -0.4 is 10.2 Å². The zero-order chi connectivity index (χ0) is 21.6. The van der Waals surface area contributed by atoms with E-state index in [1.165, 1.54) is 5.01 Å². The zero-order valence-electron chi connectivity index (χ0n) is 17.3. The summed E-state index contributed by atoms with van der Waals surface area (Å²) in [4.78, 5) is 39.6. The Hall–Kier alpha value is -3.55. The molecule has 2 aliphatic rings. The highest BCUT2D eigenvalue weighted by atomic mass is 16.2. The number of carbonyl (C=O) groups is 3. The Morgan fingerprint density at radius 3 is 2.43 bits per heavy atom. The summed E-state index contributed by atoms with van der Waals surface area (Å²) in [6.07, 6.45) is 0. The van der Waals surface area contributed by atoms with E-state index in [1.807, 2.05) is 52.0 Å². The maximum absolute atomic E-state index is 13.0. The van der Waals surface area contributed by atoms with Crippen molar-refractivity contribution < 1.29 is 14.4 Å². The van der Waals surface area contributed by atoms with Crippen molar-refractivity contribution in [1.29, 1.82) is 0 Å². The third-order valence-corrected chi connectivity index (χ3v) is 5.57. The van der Waals surface area contributed by atoms with Crippen LogP contribution in [0.25, 0.3) is 0 Å². The highest BCUT2D eigenvalue weighted by Crippen LogP contribution is 2.32. The minimum absolute atomic E-state index is 0.169. The standard InChI is InChI=1S/C22H23N5O3/c1-12-5-8-17(15(4)9-12)23-18(28)11-26-20-19(24-25-26)21(29)27(22(20)30)16-7-6-13(2)14(3)10-16/h5-10,19-20H,11H2,1-4H3,(H,23,28)/t19-,20-/m1/s1. The summed E-state index contributed by atoms with van der Waals surface area (Å²) in [5.74, 6) is -1.17. The maximum Gasteiger partial charge on any atom is 0.263 e. The van der Waals surface area contributed by atoms with Gasteiger partial charge in [-0.1, -0.05) is 29.0 Å². The van der Waals surface area contributed by atoms with Crippen LogP contribution in [-0.2, 0) is 14.4 Å². The van der Waals surface area contributed by atoms with Gasteiger partial charge in [-0.05, 0) is 62.6 Å². The lowest BCUT2D eigenvalue weighted by molar-refractivity contribution is -0.123. The lowest BCUT2D eigenvalue weighted by atomic mass is 10.1. The van der Waals surface area contributed by atoms with Crippen molar-refractivity contribution in [2.24, 2.45) is 10.3 Å². The van der Waals surface area contributed by atoms with E-state index in [2.05, 4.69) is 15.7 Å². The van der Waals surface area contributed by atoms with Crippen LogP contribution in [0, 0.1) is 27.7 Å². The minimum atomic E-state index is -0.923. The fourth-order valence-electron chi connectivity index (χ4n) is 3.76. The first kappa shape index (κ1) is 19.8. The molecule has 2 aromatic rings. The van der Waals surface area contributed by atoms with Crippen molar-refractivity contribution in [3.63, 3.8) is 0 Å². The first-order chi connectivity index (χ1) is 14.3. The van der Waals surface area contributed by atoms with E-state index < -0.39 is 23.9 Å². The SMILES string of the molecule is Cc1ccc(NC(=O)CN2N=N[C@H]3C(=O)N(c4ccc(C)c(C)c4)C(=O)[C@@H]32)c(C)c1. The fourth-order valence-corrected chi connectivity index (χ4v) is 3.76. The van der Waals surface area contributed by atoms with Gasteiger partial charge in [-0.25, -0.2) is 4.90 Å². The molecule has 0 aromatic heterocycles. The summed E-state index contributed by atoms with van der Waals surface area (Å²) < 4.78 is 0. The largest absolute Gasteiger partial charge is 0.324 e. The second kappa shape index (κ2) is 7.37. The van der Waals surface area contributed by atoms with Crippen molar-refractivity contribution in [2.45, 2.75) is 39.8 Å². The molecule has 4 rings (SSSR count). The Morgan fingerprint density at radius 2 is 1.73 bits per heavy atom. The van der Waals surface area contributed by atoms with Gasteiger partial charge in [0.05, 0.1) is 5.69 Å². The van der Waals surface area contributed by atoms with E-state index in [9.17, 15) is 14.4 Å². The fraction of sp³-hybridized carbons (Fsp3) is 0.318. The van der Waals surface area contributed by atoms with Crippen LogP contribution in [-0.4, -0.2) is 41.4 Å². The average Bonchev–Trinajstić information content (AvgIpc) is 3.20. The molecular formula is C22H23N5O3. The van der Waals surface area contributed by atoms with Gasteiger partial charge in [-0.3, -0.25) is 19.4 Å². The summed E-state index contributed by atoms with van der Waals surface area (Å²) >= 11 is 0. The number of hydrogen-bond acceptors (Lipinski definition) is 6. The molecule has 0 spiro atoms. The van der Waals surface area contributed by atoms with Crippen LogP contribution >= 0.6 is 0 Å². The minimum Gasteiger partial charge on any atom is -0.324 e. The first-order valence-corrected chi connectivity index (χ1v) is 9.76. The first-order valence-electron chi connectivity index (χ1n) is 9.76. The second-order valence-corrected chi connectivity index (χ2v) is 7.84. The molecular weight excluding hydrogens is 382 g/mol. The third-order valence-electron chi connectivity index (χ3n) is 5.57. The van der Waals surface area contributed by atoms with E-state index in [0.29, 0.717) is 11.4 Å². The van der Waals surface area contributed by atoms with Gasteiger partial charge in [0.25, 0.3) is 11.8 Å². The number of benzene rings is 2. The van der Waals surface area contributed by atoms with E-state index in [0.717, 1.165) is 27.2 Å². The summed E-state index contributed by atoms with van der Waals surface area (Å²) in [5, 5.41) is 12.0. The number of amides is 3. The molecule has 8 nitrogen and oxygen atoms in total. The number of nitrogens with zero attached hydrogens (tertiary/aromatic N) is 4. The van der Waals surface area contributed by atoms with Crippen molar-refractivity contribution >= 4 is 29.1 Å². The van der Waals surface area contributed by atoms with E-state index in [-0.39, 0.29) is 12.5 Å². The summed E-state index contributed by atoms with van der Waals surface area (Å²) in [6.45, 7) is 7.61. The molecule has 154 valence electrons. The molecule has 2 aromatic carbocycles. The van der Waals surface area contributed by atoms with Crippen LogP contribution in [0.2, 0.25) is 0 Å². The van der Waals surface area contributed by atoms with Gasteiger partial charge in [-0.2, -0.15) is 5.11 Å². The summed E-state index contributed by atoms with van der Waals surface area (Å²) in [7, 11) is 0. The number of imide groups is 1. The van der Waals surface area contributed by atoms with Gasteiger partial charge >= 0.3 is 0 Å². The molecule has 1 fully saturated rings. The number of nitrogens with one attached hydrogen (secondary N) is 1. The topological polar surface area (TPSA) is 94.4 Å². The number of fused-ring (bicyclic) bond motifs is 1. The molecule has 2 aliphatic heterocycles. The van der Waals surface area contributed by atoms with Crippen LogP contribution in [0.4, 0.5) is 11.4 Å². The second-order valence-electron chi connectivity index (χ2n) is 7.84. The summed E-state index contributed by atoms with van der Waals surface area (Å²) in [6, 6.07) is 9.32. The maximum atomic E-state index is 13.0. The highest BCUT2D eigenvalue weighted by molar-refractivity contribution is 6.25. The Labute approximate surface area is 174 Å². The molecule has 8 heteroatoms. The predicted octanol–water partition coefficient (Wildman–Crippen LogP) is 2.85. The van der Waals surface area contributed by atoms with Gasteiger partial charge in [0.15, 0.2) is 12.1 Å². The molecule has 2 heterocycles. The van der Waals surface area contributed by atoms with E-state index in [4.69, 9.17) is 0 Å². The highest BCUT2D eigenvalue weighted by Gasteiger charge is 2.55. The van der Waals surface area contributed by atoms with Gasteiger partial charge in [0.1, 0.15) is 6.54 Å². The Morgan fingerprint density at radius 1 is 0.967 bits per heavy atom. The Kier molecular flexibility index (Phi) is 4.85. The number of anilines is 2. The van der Waals surface area contributed by atoms with E-state index >= 15 is 0 Å². The van der Waals surface area contributed by atoms with Crippen molar-refractivity contribution in [2.75, 3.05) is 16.8 Å². The van der Waals surface area contributed by atoms with Gasteiger partial charge in [0.2, 0.25) is 5.91 Å². The molecule has 0 radical (unpaired) electrons. The molecule has 2 atom stereocenters. The number of rotatable bonds is 4. The van der Waals surface area contributed by atoms with Gasteiger partial charge in [0, 0.05) is 5.69 Å². The monoisotopic (exact) mass is 405 g/mol. The van der Waals surface area contributed by atoms with Crippen molar-refractivity contribution in [1.82, 2.24) is 5.01 Å². The predicted molar refractivity (Wildman–Crippen MR) is 112 cm³/mol. The molecule has 0 aliphatic carbocycles. The molecule has 1 saturated heterocycles. The third kappa shape index (κ3) is 3.34. The lowest BCUT2D eigenvalue weighted by Gasteiger charge is -2.21. The zero-order valence-corrected chi connectivity index (χ0v) is 17.3. The Bertz CT molecular complexity index is 1090. The number of aryl methyl sites for hydroxylation is 4. The number of carbonyl (C=O) groups excluding carboxylic acids is 3. The number of hydrogen-bond donors (Lipinski definition) is 1.